The van der Waals surface area contributed by atoms with Gasteiger partial charge < -0.3 is 9.64 Å². The van der Waals surface area contributed by atoms with Gasteiger partial charge >= 0.3 is 0 Å². The van der Waals surface area contributed by atoms with Crippen LogP contribution in [0.5, 0.6) is 5.75 Å². The van der Waals surface area contributed by atoms with Crippen LogP contribution < -0.4 is 4.74 Å². The van der Waals surface area contributed by atoms with Crippen molar-refractivity contribution in [1.29, 1.82) is 0 Å². The molecular weight excluding hydrogens is 370 g/mol. The van der Waals surface area contributed by atoms with Crippen molar-refractivity contribution in [3.8, 4) is 11.4 Å². The third kappa shape index (κ3) is 4.23. The van der Waals surface area contributed by atoms with Crippen LogP contribution in [0.15, 0.2) is 40.9 Å². The molecule has 136 valence electrons. The van der Waals surface area contributed by atoms with Crippen LogP contribution in [0.25, 0.3) is 5.69 Å². The standard InChI is InChI=1S/C17H19N5O2S2/c1-12-8-9-25-15(12)10-21(2)16(23)11-26-17-18-19-20-22(17)13-4-6-14(24-3)7-5-13/h4-9H,10-11H2,1-3H3. The number of nitrogens with zero attached hydrogens (tertiary/aromatic N) is 5. The molecule has 0 fully saturated rings. The van der Waals surface area contributed by atoms with E-state index < -0.39 is 0 Å². The zero-order valence-electron chi connectivity index (χ0n) is 14.7. The SMILES string of the molecule is COc1ccc(-n2nnnc2SCC(=O)N(C)Cc2sccc2C)cc1. The molecule has 0 aliphatic carbocycles. The van der Waals surface area contributed by atoms with E-state index in [4.69, 9.17) is 4.74 Å². The number of hydrogen-bond donors (Lipinski definition) is 0. The van der Waals surface area contributed by atoms with Crippen LogP contribution in [-0.4, -0.2) is 50.9 Å². The van der Waals surface area contributed by atoms with Crippen molar-refractivity contribution >= 4 is 29.0 Å². The molecule has 0 N–H and O–H groups in total. The van der Waals surface area contributed by atoms with E-state index in [0.29, 0.717) is 11.7 Å². The average Bonchev–Trinajstić information content (AvgIpc) is 3.29. The van der Waals surface area contributed by atoms with E-state index in [0.717, 1.165) is 11.4 Å². The van der Waals surface area contributed by atoms with E-state index in [1.807, 2.05) is 36.7 Å². The number of hydrogen-bond acceptors (Lipinski definition) is 7. The van der Waals surface area contributed by atoms with E-state index in [-0.39, 0.29) is 11.7 Å². The number of methoxy groups -OCH3 is 1. The number of aryl methyl sites for hydroxylation is 1. The van der Waals surface area contributed by atoms with Gasteiger partial charge in [0.2, 0.25) is 11.1 Å². The normalized spacial score (nSPS) is 10.7. The molecule has 2 heterocycles. The molecule has 0 aliphatic rings. The van der Waals surface area contributed by atoms with Gasteiger partial charge in [-0.05, 0) is 58.6 Å². The summed E-state index contributed by atoms with van der Waals surface area (Å²) in [5.74, 6) is 1.07. The van der Waals surface area contributed by atoms with Crippen molar-refractivity contribution in [3.63, 3.8) is 0 Å². The van der Waals surface area contributed by atoms with Crippen LogP contribution >= 0.6 is 23.1 Å². The molecule has 7 nitrogen and oxygen atoms in total. The van der Waals surface area contributed by atoms with Crippen molar-refractivity contribution in [2.24, 2.45) is 0 Å². The van der Waals surface area contributed by atoms with E-state index in [9.17, 15) is 4.79 Å². The summed E-state index contributed by atoms with van der Waals surface area (Å²) >= 11 is 2.99. The Kier molecular flexibility index (Phi) is 5.89. The Morgan fingerprint density at radius 2 is 2.08 bits per heavy atom. The van der Waals surface area contributed by atoms with Gasteiger partial charge in [0.15, 0.2) is 0 Å². The maximum absolute atomic E-state index is 12.4. The Morgan fingerprint density at radius 3 is 2.73 bits per heavy atom. The van der Waals surface area contributed by atoms with Gasteiger partial charge in [-0.25, -0.2) is 0 Å². The van der Waals surface area contributed by atoms with Crippen LogP contribution in [0.4, 0.5) is 0 Å². The van der Waals surface area contributed by atoms with E-state index in [2.05, 4.69) is 28.5 Å². The van der Waals surface area contributed by atoms with Crippen LogP contribution in [-0.2, 0) is 11.3 Å². The molecule has 0 radical (unpaired) electrons. The molecule has 2 aromatic heterocycles. The van der Waals surface area contributed by atoms with Crippen molar-refractivity contribution in [3.05, 3.63) is 46.2 Å². The quantitative estimate of drug-likeness (QED) is 0.579. The van der Waals surface area contributed by atoms with Crippen molar-refractivity contribution in [2.45, 2.75) is 18.6 Å². The van der Waals surface area contributed by atoms with Gasteiger partial charge in [0.05, 0.1) is 25.1 Å². The molecule has 1 amide bonds. The molecular formula is C17H19N5O2S2. The fourth-order valence-corrected chi connectivity index (χ4v) is 4.05. The fourth-order valence-electron chi connectivity index (χ4n) is 2.26. The summed E-state index contributed by atoms with van der Waals surface area (Å²) in [5, 5.41) is 14.4. The molecule has 3 aromatic rings. The van der Waals surface area contributed by atoms with Gasteiger partial charge in [-0.15, -0.1) is 16.4 Å². The smallest absolute Gasteiger partial charge is 0.233 e. The number of benzene rings is 1. The monoisotopic (exact) mass is 389 g/mol. The minimum atomic E-state index is 0.0343. The predicted molar refractivity (Wildman–Crippen MR) is 102 cm³/mol. The van der Waals surface area contributed by atoms with Crippen molar-refractivity contribution < 1.29 is 9.53 Å². The maximum atomic E-state index is 12.4. The van der Waals surface area contributed by atoms with Crippen LogP contribution in [0.3, 0.4) is 0 Å². The number of rotatable bonds is 7. The van der Waals surface area contributed by atoms with E-state index in [1.54, 1.807) is 28.0 Å². The maximum Gasteiger partial charge on any atom is 0.233 e. The first-order valence-corrected chi connectivity index (χ1v) is 9.77. The molecule has 0 spiro atoms. The highest BCUT2D eigenvalue weighted by Crippen LogP contribution is 2.22. The molecule has 0 bridgehead atoms. The lowest BCUT2D eigenvalue weighted by Crippen LogP contribution is -2.27. The van der Waals surface area contributed by atoms with E-state index >= 15 is 0 Å². The summed E-state index contributed by atoms with van der Waals surface area (Å²) in [6, 6.07) is 9.48. The summed E-state index contributed by atoms with van der Waals surface area (Å²) in [7, 11) is 3.43. The van der Waals surface area contributed by atoms with Gasteiger partial charge in [-0.1, -0.05) is 11.8 Å². The van der Waals surface area contributed by atoms with Gasteiger partial charge in [-0.2, -0.15) is 4.68 Å². The molecule has 0 saturated heterocycles. The molecule has 3 rings (SSSR count). The predicted octanol–water partition coefficient (Wildman–Crippen LogP) is 2.79. The number of thioether (sulfide) groups is 1. The molecule has 0 unspecified atom stereocenters. The number of carbonyl (C=O) groups excluding carboxylic acids is 1. The third-order valence-corrected chi connectivity index (χ3v) is 5.77. The Morgan fingerprint density at radius 1 is 1.31 bits per heavy atom. The highest BCUT2D eigenvalue weighted by atomic mass is 32.2. The molecule has 9 heteroatoms. The molecule has 26 heavy (non-hydrogen) atoms. The zero-order chi connectivity index (χ0) is 18.5. The Hall–Kier alpha value is -2.39. The number of ether oxygens (including phenoxy) is 1. The number of aromatic nitrogens is 4. The second-order valence-corrected chi connectivity index (χ2v) is 7.58. The van der Waals surface area contributed by atoms with Crippen molar-refractivity contribution in [1.82, 2.24) is 25.1 Å². The minimum absolute atomic E-state index is 0.0343. The third-order valence-electron chi connectivity index (χ3n) is 3.86. The molecule has 0 saturated carbocycles. The lowest BCUT2D eigenvalue weighted by Gasteiger charge is -2.16. The first-order valence-electron chi connectivity index (χ1n) is 7.91. The Balaban J connectivity index is 1.62. The average molecular weight is 390 g/mol. The largest absolute Gasteiger partial charge is 0.497 e. The number of tetrazole rings is 1. The van der Waals surface area contributed by atoms with E-state index in [1.165, 1.54) is 22.2 Å². The number of thiophene rings is 1. The second-order valence-electron chi connectivity index (χ2n) is 5.64. The fraction of sp³-hybridized carbons (Fsp3) is 0.294. The summed E-state index contributed by atoms with van der Waals surface area (Å²) < 4.78 is 6.77. The number of amides is 1. The molecule has 1 aromatic carbocycles. The first kappa shape index (κ1) is 18.4. The lowest BCUT2D eigenvalue weighted by atomic mass is 10.3. The Bertz CT molecular complexity index is 875. The van der Waals surface area contributed by atoms with Crippen molar-refractivity contribution in [2.75, 3.05) is 19.9 Å². The lowest BCUT2D eigenvalue weighted by molar-refractivity contribution is -0.127. The zero-order valence-corrected chi connectivity index (χ0v) is 16.4. The second kappa shape index (κ2) is 8.33. The Labute approximate surface area is 160 Å². The summed E-state index contributed by atoms with van der Waals surface area (Å²) in [4.78, 5) is 15.4. The van der Waals surface area contributed by atoms with Crippen LogP contribution in [0.2, 0.25) is 0 Å². The summed E-state index contributed by atoms with van der Waals surface area (Å²) in [6.07, 6.45) is 0. The summed E-state index contributed by atoms with van der Waals surface area (Å²) in [6.45, 7) is 2.67. The minimum Gasteiger partial charge on any atom is -0.497 e. The highest BCUT2D eigenvalue weighted by molar-refractivity contribution is 7.99. The molecule has 0 atom stereocenters. The van der Waals surface area contributed by atoms with Gasteiger partial charge in [-0.3, -0.25) is 4.79 Å². The topological polar surface area (TPSA) is 73.1 Å². The van der Waals surface area contributed by atoms with Crippen LogP contribution in [0.1, 0.15) is 10.4 Å². The first-order chi connectivity index (χ1) is 12.6. The van der Waals surface area contributed by atoms with Gasteiger partial charge in [0, 0.05) is 11.9 Å². The van der Waals surface area contributed by atoms with Gasteiger partial charge in [0.1, 0.15) is 5.75 Å². The summed E-state index contributed by atoms with van der Waals surface area (Å²) in [5.41, 5.74) is 2.03. The molecule has 0 aliphatic heterocycles. The highest BCUT2D eigenvalue weighted by Gasteiger charge is 2.15. The van der Waals surface area contributed by atoms with Gasteiger partial charge in [0.25, 0.3) is 0 Å². The van der Waals surface area contributed by atoms with Crippen LogP contribution in [0, 0.1) is 6.92 Å². The number of carbonyl (C=O) groups is 1.